The van der Waals surface area contributed by atoms with Crippen LogP contribution < -0.4 is 10.6 Å². The maximum atomic E-state index is 8.84. The van der Waals surface area contributed by atoms with Crippen LogP contribution in [0.3, 0.4) is 0 Å². The molecule has 0 bridgehead atoms. The van der Waals surface area contributed by atoms with E-state index in [4.69, 9.17) is 5.26 Å². The lowest BCUT2D eigenvalue weighted by Gasteiger charge is -2.08. The predicted octanol–water partition coefficient (Wildman–Crippen LogP) is 1.87. The maximum Gasteiger partial charge on any atom is 0.182 e. The molecule has 2 aromatic rings. The molecule has 0 unspecified atom stereocenters. The summed E-state index contributed by atoms with van der Waals surface area (Å²) in [4.78, 5) is 8.00. The lowest BCUT2D eigenvalue weighted by atomic mass is 10.3. The summed E-state index contributed by atoms with van der Waals surface area (Å²) in [6, 6.07) is 11.9. The molecule has 5 nitrogen and oxygen atoms in total. The Morgan fingerprint density at radius 3 is 2.50 bits per heavy atom. The highest BCUT2D eigenvalue weighted by molar-refractivity contribution is 5.47. The van der Waals surface area contributed by atoms with Crippen molar-refractivity contribution in [2.24, 2.45) is 0 Å². The highest BCUT2D eigenvalue weighted by Gasteiger charge is 2.01. The molecule has 0 saturated heterocycles. The molecule has 0 aliphatic heterocycles. The first-order valence-electron chi connectivity index (χ1n) is 5.64. The summed E-state index contributed by atoms with van der Waals surface area (Å²) in [6.45, 7) is 1.41. The maximum absolute atomic E-state index is 8.84. The Morgan fingerprint density at radius 2 is 1.72 bits per heavy atom. The van der Waals surface area contributed by atoms with E-state index in [0.717, 1.165) is 12.2 Å². The van der Waals surface area contributed by atoms with Gasteiger partial charge in [-0.05, 0) is 12.1 Å². The number of anilines is 2. The molecular weight excluding hydrogens is 226 g/mol. The summed E-state index contributed by atoms with van der Waals surface area (Å²) in [5.74, 6) is 0.523. The largest absolute Gasteiger partial charge is 0.383 e. The number of hydrogen-bond acceptors (Lipinski definition) is 5. The number of para-hydroxylation sites is 1. The second-order valence-corrected chi connectivity index (χ2v) is 3.58. The molecule has 0 saturated carbocycles. The summed E-state index contributed by atoms with van der Waals surface area (Å²) >= 11 is 0. The third-order valence-electron chi connectivity index (χ3n) is 2.32. The predicted molar refractivity (Wildman–Crippen MR) is 70.2 cm³/mol. The molecule has 18 heavy (non-hydrogen) atoms. The van der Waals surface area contributed by atoms with E-state index >= 15 is 0 Å². The molecule has 0 spiro atoms. The minimum Gasteiger partial charge on any atom is -0.383 e. The zero-order valence-corrected chi connectivity index (χ0v) is 9.80. The van der Waals surface area contributed by atoms with Crippen LogP contribution in [0, 0.1) is 11.3 Å². The van der Waals surface area contributed by atoms with Crippen molar-refractivity contribution in [3.05, 3.63) is 48.4 Å². The smallest absolute Gasteiger partial charge is 0.182 e. The monoisotopic (exact) mass is 239 g/mol. The number of nitrogens with one attached hydrogen (secondary N) is 2. The topological polar surface area (TPSA) is 73.6 Å². The minimum atomic E-state index is 0.317. The summed E-state index contributed by atoms with van der Waals surface area (Å²) in [5, 5.41) is 15.2. The number of nitriles is 1. The molecule has 2 rings (SSSR count). The molecular formula is C13H13N5. The Balaban J connectivity index is 1.81. The zero-order chi connectivity index (χ0) is 12.6. The van der Waals surface area contributed by atoms with Gasteiger partial charge in [0, 0.05) is 31.2 Å². The molecule has 90 valence electrons. The van der Waals surface area contributed by atoms with Crippen molar-refractivity contribution >= 4 is 11.5 Å². The van der Waals surface area contributed by atoms with Crippen molar-refractivity contribution in [3.63, 3.8) is 0 Å². The van der Waals surface area contributed by atoms with Crippen LogP contribution in [0.5, 0.6) is 0 Å². The first-order valence-corrected chi connectivity index (χ1v) is 5.64. The fourth-order valence-electron chi connectivity index (χ4n) is 1.49. The van der Waals surface area contributed by atoms with Gasteiger partial charge in [-0.2, -0.15) is 5.26 Å². The van der Waals surface area contributed by atoms with Crippen LogP contribution >= 0.6 is 0 Å². The van der Waals surface area contributed by atoms with E-state index in [1.807, 2.05) is 36.4 Å². The van der Waals surface area contributed by atoms with Crippen molar-refractivity contribution in [2.75, 3.05) is 23.7 Å². The van der Waals surface area contributed by atoms with E-state index < -0.39 is 0 Å². The lowest BCUT2D eigenvalue weighted by Crippen LogP contribution is -2.15. The van der Waals surface area contributed by atoms with Gasteiger partial charge in [-0.15, -0.1) is 0 Å². The Kier molecular flexibility index (Phi) is 4.09. The summed E-state index contributed by atoms with van der Waals surface area (Å²) < 4.78 is 0. The molecule has 1 aromatic carbocycles. The fourth-order valence-corrected chi connectivity index (χ4v) is 1.49. The van der Waals surface area contributed by atoms with Crippen LogP contribution in [0.15, 0.2) is 42.7 Å². The molecule has 0 radical (unpaired) electrons. The van der Waals surface area contributed by atoms with E-state index in [-0.39, 0.29) is 0 Å². The summed E-state index contributed by atoms with van der Waals surface area (Å²) in [5.41, 5.74) is 1.39. The lowest BCUT2D eigenvalue weighted by molar-refractivity contribution is 1.04. The van der Waals surface area contributed by atoms with Gasteiger partial charge in [0.2, 0.25) is 0 Å². The number of hydrogen-bond donors (Lipinski definition) is 2. The Labute approximate surface area is 106 Å². The van der Waals surface area contributed by atoms with Gasteiger partial charge in [-0.3, -0.25) is 0 Å². The normalized spacial score (nSPS) is 9.50. The first kappa shape index (κ1) is 11.9. The third-order valence-corrected chi connectivity index (χ3v) is 2.32. The number of nitrogens with zero attached hydrogens (tertiary/aromatic N) is 3. The molecule has 0 aliphatic carbocycles. The Morgan fingerprint density at radius 1 is 1.00 bits per heavy atom. The number of aromatic nitrogens is 2. The molecule has 0 aliphatic rings. The van der Waals surface area contributed by atoms with Gasteiger partial charge in [-0.1, -0.05) is 18.2 Å². The van der Waals surface area contributed by atoms with Gasteiger partial charge in [0.15, 0.2) is 11.5 Å². The SMILES string of the molecule is N#Cc1nccnc1NCCNc1ccccc1. The zero-order valence-electron chi connectivity index (χ0n) is 9.80. The van der Waals surface area contributed by atoms with Gasteiger partial charge in [-0.25, -0.2) is 9.97 Å². The highest BCUT2D eigenvalue weighted by atomic mass is 15.0. The van der Waals surface area contributed by atoms with E-state index in [0.29, 0.717) is 18.1 Å². The van der Waals surface area contributed by atoms with Gasteiger partial charge >= 0.3 is 0 Å². The summed E-state index contributed by atoms with van der Waals surface area (Å²) in [7, 11) is 0. The van der Waals surface area contributed by atoms with Crippen molar-refractivity contribution < 1.29 is 0 Å². The fraction of sp³-hybridized carbons (Fsp3) is 0.154. The quantitative estimate of drug-likeness (QED) is 0.779. The van der Waals surface area contributed by atoms with Crippen molar-refractivity contribution in [1.29, 1.82) is 5.26 Å². The van der Waals surface area contributed by atoms with Crippen molar-refractivity contribution in [3.8, 4) is 6.07 Å². The van der Waals surface area contributed by atoms with Crippen LogP contribution in [-0.2, 0) is 0 Å². The second-order valence-electron chi connectivity index (χ2n) is 3.58. The Bertz CT molecular complexity index is 533. The standard InChI is InChI=1S/C13H13N5/c14-10-12-13(18-9-7-16-12)17-8-6-15-11-4-2-1-3-5-11/h1-5,7,9,15H,6,8H2,(H,17,18). The van der Waals surface area contributed by atoms with Crippen molar-refractivity contribution in [2.45, 2.75) is 0 Å². The number of benzene rings is 1. The molecule has 0 amide bonds. The van der Waals surface area contributed by atoms with Crippen LogP contribution in [0.2, 0.25) is 0 Å². The molecule has 1 aromatic heterocycles. The highest BCUT2D eigenvalue weighted by Crippen LogP contribution is 2.06. The van der Waals surface area contributed by atoms with Gasteiger partial charge < -0.3 is 10.6 Å². The van der Waals surface area contributed by atoms with E-state index in [9.17, 15) is 0 Å². The first-order chi connectivity index (χ1) is 8.90. The molecule has 1 heterocycles. The van der Waals surface area contributed by atoms with Gasteiger partial charge in [0.25, 0.3) is 0 Å². The van der Waals surface area contributed by atoms with Crippen molar-refractivity contribution in [1.82, 2.24) is 9.97 Å². The molecule has 5 heteroatoms. The van der Waals surface area contributed by atoms with E-state index in [2.05, 4.69) is 20.6 Å². The van der Waals surface area contributed by atoms with E-state index in [1.54, 1.807) is 6.20 Å². The van der Waals surface area contributed by atoms with Gasteiger partial charge in [0.1, 0.15) is 6.07 Å². The Hall–Kier alpha value is -2.61. The van der Waals surface area contributed by atoms with Gasteiger partial charge in [0.05, 0.1) is 0 Å². The number of rotatable bonds is 5. The van der Waals surface area contributed by atoms with Crippen LogP contribution in [0.25, 0.3) is 0 Å². The molecule has 0 atom stereocenters. The average Bonchev–Trinajstić information content (AvgIpc) is 2.45. The van der Waals surface area contributed by atoms with E-state index in [1.165, 1.54) is 6.20 Å². The molecule has 2 N–H and O–H groups in total. The second kappa shape index (κ2) is 6.21. The summed E-state index contributed by atoms with van der Waals surface area (Å²) in [6.07, 6.45) is 3.07. The van der Waals surface area contributed by atoms with Crippen LogP contribution in [-0.4, -0.2) is 23.1 Å². The average molecular weight is 239 g/mol. The van der Waals surface area contributed by atoms with Crippen LogP contribution in [0.4, 0.5) is 11.5 Å². The molecule has 0 fully saturated rings. The third kappa shape index (κ3) is 3.19. The van der Waals surface area contributed by atoms with Crippen LogP contribution in [0.1, 0.15) is 5.69 Å². The minimum absolute atomic E-state index is 0.317.